The third kappa shape index (κ3) is 5.09. The van der Waals surface area contributed by atoms with E-state index in [0.717, 1.165) is 23.7 Å². The summed E-state index contributed by atoms with van der Waals surface area (Å²) in [5, 5.41) is 6.75. The maximum Gasteiger partial charge on any atom is 0.0897 e. The minimum absolute atomic E-state index is 0.562. The average Bonchev–Trinajstić information content (AvgIpc) is 2.62. The predicted molar refractivity (Wildman–Crippen MR) is 67.2 cm³/mol. The lowest BCUT2D eigenvalue weighted by atomic mass is 10.1. The summed E-state index contributed by atoms with van der Waals surface area (Å²) in [6.07, 6.45) is 5.52. The third-order valence-corrected chi connectivity index (χ3v) is 3.17. The van der Waals surface area contributed by atoms with Crippen LogP contribution in [0.25, 0.3) is 0 Å². The highest BCUT2D eigenvalue weighted by Gasteiger charge is 2.02. The molecule has 84 valence electrons. The molecular formula is C12H20N2S. The zero-order valence-corrected chi connectivity index (χ0v) is 10.4. The largest absolute Gasteiger partial charge is 0.309 e. The van der Waals surface area contributed by atoms with Crippen LogP contribution in [0.3, 0.4) is 0 Å². The van der Waals surface area contributed by atoms with E-state index in [2.05, 4.69) is 29.2 Å². The summed E-state index contributed by atoms with van der Waals surface area (Å²) in [5.41, 5.74) is 1.16. The number of rotatable bonds is 7. The van der Waals surface area contributed by atoms with Gasteiger partial charge in [-0.05, 0) is 33.1 Å². The number of thiazole rings is 1. The summed E-state index contributed by atoms with van der Waals surface area (Å²) in [6.45, 7) is 8.88. The molecule has 0 aliphatic rings. The van der Waals surface area contributed by atoms with E-state index in [4.69, 9.17) is 0 Å². The number of allylic oxidation sites excluding steroid dienone is 1. The first kappa shape index (κ1) is 12.4. The van der Waals surface area contributed by atoms with Crippen molar-refractivity contribution in [1.29, 1.82) is 0 Å². The van der Waals surface area contributed by atoms with Crippen molar-refractivity contribution < 1.29 is 0 Å². The first-order valence-corrected chi connectivity index (χ1v) is 6.35. The molecule has 0 fully saturated rings. The molecule has 0 bridgehead atoms. The first-order chi connectivity index (χ1) is 7.22. The summed E-state index contributed by atoms with van der Waals surface area (Å²) in [5.74, 6) is 0. The van der Waals surface area contributed by atoms with Gasteiger partial charge in [-0.3, -0.25) is 0 Å². The smallest absolute Gasteiger partial charge is 0.0897 e. The van der Waals surface area contributed by atoms with E-state index in [9.17, 15) is 0 Å². The molecular weight excluding hydrogens is 204 g/mol. The van der Waals surface area contributed by atoms with Gasteiger partial charge < -0.3 is 5.32 Å². The Morgan fingerprint density at radius 3 is 3.07 bits per heavy atom. The van der Waals surface area contributed by atoms with Gasteiger partial charge in [0.15, 0.2) is 0 Å². The molecule has 1 aromatic rings. The van der Waals surface area contributed by atoms with E-state index in [0.29, 0.717) is 6.04 Å². The number of nitrogens with one attached hydrogen (secondary N) is 1. The second kappa shape index (κ2) is 6.75. The number of hydrogen-bond acceptors (Lipinski definition) is 3. The van der Waals surface area contributed by atoms with Crippen LogP contribution in [0.5, 0.6) is 0 Å². The topological polar surface area (TPSA) is 24.9 Å². The molecule has 0 radical (unpaired) electrons. The van der Waals surface area contributed by atoms with Gasteiger partial charge in [0, 0.05) is 18.0 Å². The molecule has 0 aliphatic heterocycles. The molecule has 2 nitrogen and oxygen atoms in total. The lowest BCUT2D eigenvalue weighted by Crippen LogP contribution is -2.25. The molecule has 1 heterocycles. The standard InChI is InChI=1S/C12H20N2S/c1-4-5-6-7-10(2)13-8-12-9-15-11(3)14-12/h4,9-10,13H,1,5-8H2,2-3H3. The van der Waals surface area contributed by atoms with Gasteiger partial charge in [0.2, 0.25) is 0 Å². The fourth-order valence-corrected chi connectivity index (χ4v) is 2.05. The molecule has 0 aliphatic carbocycles. The normalized spacial score (nSPS) is 12.7. The van der Waals surface area contributed by atoms with Crippen LogP contribution in [-0.2, 0) is 6.54 Å². The molecule has 3 heteroatoms. The molecule has 0 amide bonds. The lowest BCUT2D eigenvalue weighted by molar-refractivity contribution is 0.497. The van der Waals surface area contributed by atoms with Crippen molar-refractivity contribution in [2.75, 3.05) is 0 Å². The van der Waals surface area contributed by atoms with E-state index in [1.807, 2.05) is 13.0 Å². The Labute approximate surface area is 96.4 Å². The minimum atomic E-state index is 0.562. The summed E-state index contributed by atoms with van der Waals surface area (Å²) < 4.78 is 0. The molecule has 0 spiro atoms. The molecule has 1 rings (SSSR count). The molecule has 1 aromatic heterocycles. The van der Waals surface area contributed by atoms with Crippen LogP contribution in [0.1, 0.15) is 36.9 Å². The van der Waals surface area contributed by atoms with Crippen molar-refractivity contribution >= 4 is 11.3 Å². The average molecular weight is 224 g/mol. The number of nitrogens with zero attached hydrogens (tertiary/aromatic N) is 1. The Balaban J connectivity index is 2.16. The highest BCUT2D eigenvalue weighted by Crippen LogP contribution is 2.08. The Kier molecular flexibility index (Phi) is 5.58. The van der Waals surface area contributed by atoms with Gasteiger partial charge in [0.1, 0.15) is 0 Å². The number of hydrogen-bond donors (Lipinski definition) is 1. The fourth-order valence-electron chi connectivity index (χ4n) is 1.44. The van der Waals surface area contributed by atoms with Crippen LogP contribution < -0.4 is 5.32 Å². The van der Waals surface area contributed by atoms with Crippen molar-refractivity contribution in [2.45, 2.75) is 45.7 Å². The maximum absolute atomic E-state index is 4.42. The van der Waals surface area contributed by atoms with E-state index in [1.165, 1.54) is 12.8 Å². The summed E-state index contributed by atoms with van der Waals surface area (Å²) in [7, 11) is 0. The fraction of sp³-hybridized carbons (Fsp3) is 0.583. The van der Waals surface area contributed by atoms with Gasteiger partial charge in [-0.25, -0.2) is 4.98 Å². The zero-order chi connectivity index (χ0) is 11.1. The molecule has 1 N–H and O–H groups in total. The summed E-state index contributed by atoms with van der Waals surface area (Å²) in [6, 6.07) is 0.562. The molecule has 1 atom stereocenters. The van der Waals surface area contributed by atoms with Gasteiger partial charge >= 0.3 is 0 Å². The molecule has 0 saturated carbocycles. The van der Waals surface area contributed by atoms with E-state index in [-0.39, 0.29) is 0 Å². The molecule has 0 saturated heterocycles. The Hall–Kier alpha value is -0.670. The van der Waals surface area contributed by atoms with Crippen LogP contribution in [0.15, 0.2) is 18.0 Å². The monoisotopic (exact) mass is 224 g/mol. The van der Waals surface area contributed by atoms with Crippen molar-refractivity contribution in [1.82, 2.24) is 10.3 Å². The van der Waals surface area contributed by atoms with Crippen LogP contribution >= 0.6 is 11.3 Å². The van der Waals surface area contributed by atoms with Crippen LogP contribution in [0.4, 0.5) is 0 Å². The Morgan fingerprint density at radius 1 is 1.67 bits per heavy atom. The Morgan fingerprint density at radius 2 is 2.47 bits per heavy atom. The lowest BCUT2D eigenvalue weighted by Gasteiger charge is -2.11. The van der Waals surface area contributed by atoms with Gasteiger partial charge in [-0.2, -0.15) is 0 Å². The minimum Gasteiger partial charge on any atom is -0.309 e. The van der Waals surface area contributed by atoms with E-state index in [1.54, 1.807) is 11.3 Å². The molecule has 15 heavy (non-hydrogen) atoms. The van der Waals surface area contributed by atoms with Crippen molar-refractivity contribution in [3.63, 3.8) is 0 Å². The SMILES string of the molecule is C=CCCCC(C)NCc1csc(C)n1. The summed E-state index contributed by atoms with van der Waals surface area (Å²) >= 11 is 1.71. The van der Waals surface area contributed by atoms with Crippen molar-refractivity contribution in [3.05, 3.63) is 28.7 Å². The first-order valence-electron chi connectivity index (χ1n) is 5.47. The number of unbranched alkanes of at least 4 members (excludes halogenated alkanes) is 1. The van der Waals surface area contributed by atoms with Crippen LogP contribution in [-0.4, -0.2) is 11.0 Å². The maximum atomic E-state index is 4.42. The third-order valence-electron chi connectivity index (χ3n) is 2.34. The Bertz CT molecular complexity index is 294. The van der Waals surface area contributed by atoms with E-state index >= 15 is 0 Å². The summed E-state index contributed by atoms with van der Waals surface area (Å²) in [4.78, 5) is 4.42. The number of aryl methyl sites for hydroxylation is 1. The van der Waals surface area contributed by atoms with E-state index < -0.39 is 0 Å². The highest BCUT2D eigenvalue weighted by molar-refractivity contribution is 7.09. The second-order valence-electron chi connectivity index (χ2n) is 3.86. The second-order valence-corrected chi connectivity index (χ2v) is 4.92. The molecule has 1 unspecified atom stereocenters. The zero-order valence-electron chi connectivity index (χ0n) is 9.62. The van der Waals surface area contributed by atoms with Crippen LogP contribution in [0, 0.1) is 6.92 Å². The van der Waals surface area contributed by atoms with Crippen molar-refractivity contribution in [2.24, 2.45) is 0 Å². The van der Waals surface area contributed by atoms with Gasteiger partial charge in [-0.1, -0.05) is 6.08 Å². The quantitative estimate of drug-likeness (QED) is 0.568. The van der Waals surface area contributed by atoms with Crippen molar-refractivity contribution in [3.8, 4) is 0 Å². The van der Waals surface area contributed by atoms with Gasteiger partial charge in [-0.15, -0.1) is 17.9 Å². The van der Waals surface area contributed by atoms with Gasteiger partial charge in [0.05, 0.1) is 10.7 Å². The number of aromatic nitrogens is 1. The predicted octanol–water partition coefficient (Wildman–Crippen LogP) is 3.29. The van der Waals surface area contributed by atoms with Gasteiger partial charge in [0.25, 0.3) is 0 Å². The highest BCUT2D eigenvalue weighted by atomic mass is 32.1. The van der Waals surface area contributed by atoms with Crippen LogP contribution in [0.2, 0.25) is 0 Å². The molecule has 0 aromatic carbocycles.